The quantitative estimate of drug-likeness (QED) is 0.513. The molecule has 0 N–H and O–H groups in total. The van der Waals surface area contributed by atoms with Crippen LogP contribution in [-0.2, 0) is 0 Å². The van der Waals surface area contributed by atoms with E-state index in [1.54, 1.807) is 0 Å². The molecule has 2 saturated carbocycles. The molecule has 0 spiro atoms. The fourth-order valence-electron chi connectivity index (χ4n) is 3.69. The van der Waals surface area contributed by atoms with Gasteiger partial charge >= 0.3 is 0 Å². The molecule has 2 unspecified atom stereocenters. The maximum atomic E-state index is 2.57. The van der Waals surface area contributed by atoms with E-state index in [1.165, 1.54) is 57.8 Å². The monoisotopic (exact) mass is 180 g/mol. The average molecular weight is 180 g/mol. The van der Waals surface area contributed by atoms with Gasteiger partial charge in [-0.25, -0.2) is 0 Å². The van der Waals surface area contributed by atoms with Gasteiger partial charge in [0.2, 0.25) is 0 Å². The van der Waals surface area contributed by atoms with E-state index in [0.29, 0.717) is 10.8 Å². The second-order valence-electron chi connectivity index (χ2n) is 5.89. The Bertz CT molecular complexity index is 164. The SMILES string of the molecule is CC12CCCCCC1(C)CCCC2. The zero-order valence-electron chi connectivity index (χ0n) is 9.36. The molecule has 0 radical (unpaired) electrons. The van der Waals surface area contributed by atoms with E-state index in [4.69, 9.17) is 0 Å². The number of hydrogen-bond donors (Lipinski definition) is 0. The van der Waals surface area contributed by atoms with Crippen LogP contribution >= 0.6 is 0 Å². The van der Waals surface area contributed by atoms with Crippen molar-refractivity contribution in [2.45, 2.75) is 71.6 Å². The molecular weight excluding hydrogens is 156 g/mol. The number of rotatable bonds is 0. The first-order chi connectivity index (χ1) is 6.16. The van der Waals surface area contributed by atoms with Crippen LogP contribution in [0.4, 0.5) is 0 Å². The average Bonchev–Trinajstić information content (AvgIpc) is 2.24. The summed E-state index contributed by atoms with van der Waals surface area (Å²) in [4.78, 5) is 0. The molecule has 0 nitrogen and oxygen atoms in total. The van der Waals surface area contributed by atoms with E-state index in [9.17, 15) is 0 Å². The van der Waals surface area contributed by atoms with Gasteiger partial charge in [0, 0.05) is 0 Å². The maximum Gasteiger partial charge on any atom is -0.0272 e. The molecule has 0 aromatic rings. The predicted molar refractivity (Wildman–Crippen MR) is 57.8 cm³/mol. The lowest BCUT2D eigenvalue weighted by Gasteiger charge is -2.50. The van der Waals surface area contributed by atoms with Crippen LogP contribution in [0.1, 0.15) is 71.6 Å². The molecule has 13 heavy (non-hydrogen) atoms. The lowest BCUT2D eigenvalue weighted by Crippen LogP contribution is -2.39. The summed E-state index contributed by atoms with van der Waals surface area (Å²) in [7, 11) is 0. The molecule has 76 valence electrons. The summed E-state index contributed by atoms with van der Waals surface area (Å²) in [6.45, 7) is 5.13. The molecule has 2 fully saturated rings. The second-order valence-corrected chi connectivity index (χ2v) is 5.89. The van der Waals surface area contributed by atoms with Gasteiger partial charge in [-0.1, -0.05) is 46.0 Å². The summed E-state index contributed by atoms with van der Waals surface area (Å²) >= 11 is 0. The second kappa shape index (κ2) is 3.29. The molecule has 0 saturated heterocycles. The Morgan fingerprint density at radius 2 is 0.846 bits per heavy atom. The van der Waals surface area contributed by atoms with Crippen LogP contribution in [0.2, 0.25) is 0 Å². The Kier molecular flexibility index (Phi) is 2.42. The summed E-state index contributed by atoms with van der Waals surface area (Å²) < 4.78 is 0. The first-order valence-electron chi connectivity index (χ1n) is 6.16. The van der Waals surface area contributed by atoms with Crippen LogP contribution in [0, 0.1) is 10.8 Å². The van der Waals surface area contributed by atoms with Gasteiger partial charge in [0.05, 0.1) is 0 Å². The van der Waals surface area contributed by atoms with Gasteiger partial charge in [-0.2, -0.15) is 0 Å². The Morgan fingerprint density at radius 1 is 0.538 bits per heavy atom. The van der Waals surface area contributed by atoms with Crippen molar-refractivity contribution in [3.8, 4) is 0 Å². The van der Waals surface area contributed by atoms with Crippen molar-refractivity contribution in [2.24, 2.45) is 10.8 Å². The Morgan fingerprint density at radius 3 is 1.23 bits per heavy atom. The van der Waals surface area contributed by atoms with Crippen LogP contribution < -0.4 is 0 Å². The highest BCUT2D eigenvalue weighted by atomic mass is 14.5. The van der Waals surface area contributed by atoms with E-state index >= 15 is 0 Å². The fourth-order valence-corrected chi connectivity index (χ4v) is 3.69. The molecule has 2 atom stereocenters. The minimum absolute atomic E-state index is 0.696. The maximum absolute atomic E-state index is 2.57. The Balaban J connectivity index is 2.21. The van der Waals surface area contributed by atoms with Crippen LogP contribution in [0.3, 0.4) is 0 Å². The smallest absolute Gasteiger partial charge is 0.0272 e. The van der Waals surface area contributed by atoms with Gasteiger partial charge in [0.15, 0.2) is 0 Å². The summed E-state index contributed by atoms with van der Waals surface area (Å²) in [5.74, 6) is 0. The van der Waals surface area contributed by atoms with Crippen molar-refractivity contribution >= 4 is 0 Å². The van der Waals surface area contributed by atoms with Crippen molar-refractivity contribution in [1.82, 2.24) is 0 Å². The van der Waals surface area contributed by atoms with Crippen LogP contribution in [0.15, 0.2) is 0 Å². The van der Waals surface area contributed by atoms with Crippen molar-refractivity contribution in [2.75, 3.05) is 0 Å². The molecule has 0 aromatic carbocycles. The molecule has 0 aromatic heterocycles. The van der Waals surface area contributed by atoms with Crippen LogP contribution in [-0.4, -0.2) is 0 Å². The third-order valence-electron chi connectivity index (χ3n) is 5.12. The van der Waals surface area contributed by atoms with Crippen molar-refractivity contribution in [1.29, 1.82) is 0 Å². The fraction of sp³-hybridized carbons (Fsp3) is 1.00. The molecule has 0 heterocycles. The minimum Gasteiger partial charge on any atom is -0.0591 e. The number of hydrogen-bond acceptors (Lipinski definition) is 0. The van der Waals surface area contributed by atoms with Crippen LogP contribution in [0.5, 0.6) is 0 Å². The first-order valence-corrected chi connectivity index (χ1v) is 6.16. The number of fused-ring (bicyclic) bond motifs is 1. The predicted octanol–water partition coefficient (Wildman–Crippen LogP) is 4.54. The minimum atomic E-state index is 0.696. The lowest BCUT2D eigenvalue weighted by molar-refractivity contribution is 0.00896. The molecule has 0 bridgehead atoms. The summed E-state index contributed by atoms with van der Waals surface area (Å²) in [5.41, 5.74) is 1.39. The molecule has 0 heteroatoms. The first kappa shape index (κ1) is 9.55. The van der Waals surface area contributed by atoms with E-state index < -0.39 is 0 Å². The molecule has 2 aliphatic rings. The third-order valence-corrected chi connectivity index (χ3v) is 5.12. The highest BCUT2D eigenvalue weighted by Gasteiger charge is 2.45. The third kappa shape index (κ3) is 1.53. The zero-order valence-corrected chi connectivity index (χ0v) is 9.36. The van der Waals surface area contributed by atoms with Gasteiger partial charge in [0.1, 0.15) is 0 Å². The van der Waals surface area contributed by atoms with E-state index in [1.807, 2.05) is 0 Å². The summed E-state index contributed by atoms with van der Waals surface area (Å²) in [6, 6.07) is 0. The standard InChI is InChI=1S/C13H24/c1-12-8-4-3-5-9-13(12,2)11-7-6-10-12/h3-11H2,1-2H3. The van der Waals surface area contributed by atoms with Gasteiger partial charge in [0.25, 0.3) is 0 Å². The summed E-state index contributed by atoms with van der Waals surface area (Å²) in [5, 5.41) is 0. The molecule has 2 aliphatic carbocycles. The van der Waals surface area contributed by atoms with Crippen molar-refractivity contribution in [3.05, 3.63) is 0 Å². The normalized spacial score (nSPS) is 46.6. The lowest BCUT2D eigenvalue weighted by atomic mass is 9.55. The van der Waals surface area contributed by atoms with E-state index in [2.05, 4.69) is 13.8 Å². The Labute approximate surface area is 83.1 Å². The molecule has 0 aliphatic heterocycles. The van der Waals surface area contributed by atoms with Crippen LogP contribution in [0.25, 0.3) is 0 Å². The highest BCUT2D eigenvalue weighted by molar-refractivity contribution is 4.96. The largest absolute Gasteiger partial charge is 0.0591 e. The van der Waals surface area contributed by atoms with Gasteiger partial charge in [-0.05, 0) is 36.5 Å². The molecule has 2 rings (SSSR count). The van der Waals surface area contributed by atoms with Crippen molar-refractivity contribution in [3.63, 3.8) is 0 Å². The van der Waals surface area contributed by atoms with Gasteiger partial charge < -0.3 is 0 Å². The van der Waals surface area contributed by atoms with Gasteiger partial charge in [-0.15, -0.1) is 0 Å². The van der Waals surface area contributed by atoms with E-state index in [-0.39, 0.29) is 0 Å². The van der Waals surface area contributed by atoms with Gasteiger partial charge in [-0.3, -0.25) is 0 Å². The topological polar surface area (TPSA) is 0 Å². The molecule has 0 amide bonds. The Hall–Kier alpha value is 0. The van der Waals surface area contributed by atoms with Crippen molar-refractivity contribution < 1.29 is 0 Å². The zero-order chi connectivity index (χ0) is 9.36. The van der Waals surface area contributed by atoms with E-state index in [0.717, 1.165) is 0 Å². The molecular formula is C13H24. The summed E-state index contributed by atoms with van der Waals surface area (Å²) in [6.07, 6.45) is 13.5. The highest BCUT2D eigenvalue weighted by Crippen LogP contribution is 2.57.